The van der Waals surface area contributed by atoms with Gasteiger partial charge in [0, 0.05) is 5.75 Å². The van der Waals surface area contributed by atoms with Crippen molar-refractivity contribution in [2.45, 2.75) is 18.9 Å². The number of carboxylic acid groups (broad SMARTS) is 1. The molecule has 2 aromatic rings. The molecule has 0 spiro atoms. The highest BCUT2D eigenvalue weighted by molar-refractivity contribution is 7.99. The highest BCUT2D eigenvalue weighted by Gasteiger charge is 2.22. The lowest BCUT2D eigenvalue weighted by Gasteiger charge is -2.11. The fraction of sp³-hybridized carbons (Fsp3) is 0.417. The number of aliphatic carboxylic acids is 1. The van der Waals surface area contributed by atoms with Crippen molar-refractivity contribution in [1.29, 1.82) is 0 Å². The minimum atomic E-state index is -0.823. The fourth-order valence-electron chi connectivity index (χ4n) is 2.34. The number of benzene rings is 1. The summed E-state index contributed by atoms with van der Waals surface area (Å²) in [5, 5.41) is 17.3. The van der Waals surface area contributed by atoms with Gasteiger partial charge in [-0.2, -0.15) is 11.8 Å². The number of para-hydroxylation sites is 1. The van der Waals surface area contributed by atoms with E-state index < -0.39 is 5.97 Å². The van der Waals surface area contributed by atoms with Crippen LogP contribution in [0.1, 0.15) is 18.0 Å². The van der Waals surface area contributed by atoms with Gasteiger partial charge in [0.1, 0.15) is 5.52 Å². The van der Waals surface area contributed by atoms with Gasteiger partial charge >= 0.3 is 5.97 Å². The van der Waals surface area contributed by atoms with Crippen molar-refractivity contribution in [2.75, 3.05) is 11.5 Å². The van der Waals surface area contributed by atoms with E-state index in [2.05, 4.69) is 10.3 Å². The minimum Gasteiger partial charge on any atom is -0.481 e. The Hall–Kier alpha value is -1.56. The Labute approximate surface area is 108 Å². The molecule has 1 aromatic heterocycles. The monoisotopic (exact) mass is 263 g/mol. The Morgan fingerprint density at radius 2 is 2.44 bits per heavy atom. The van der Waals surface area contributed by atoms with Crippen molar-refractivity contribution in [3.8, 4) is 0 Å². The molecule has 6 heteroatoms. The molecule has 0 radical (unpaired) electrons. The van der Waals surface area contributed by atoms with Gasteiger partial charge in [-0.25, -0.2) is 4.68 Å². The van der Waals surface area contributed by atoms with Gasteiger partial charge in [0.05, 0.1) is 18.0 Å². The van der Waals surface area contributed by atoms with Gasteiger partial charge in [0.2, 0.25) is 0 Å². The summed E-state index contributed by atoms with van der Waals surface area (Å²) in [6.07, 6.45) is 1.09. The lowest BCUT2D eigenvalue weighted by atomic mass is 10.1. The van der Waals surface area contributed by atoms with Gasteiger partial charge in [-0.05, 0) is 23.8 Å². The second-order valence-electron chi connectivity index (χ2n) is 4.41. The second-order valence-corrected chi connectivity index (χ2v) is 5.56. The Balaban J connectivity index is 2.11. The van der Waals surface area contributed by atoms with E-state index in [0.29, 0.717) is 6.04 Å². The summed E-state index contributed by atoms with van der Waals surface area (Å²) in [5.74, 6) is 1.34. The van der Waals surface area contributed by atoms with Crippen LogP contribution in [-0.2, 0) is 11.2 Å². The van der Waals surface area contributed by atoms with Crippen LogP contribution in [0.4, 0.5) is 0 Å². The first-order valence-electron chi connectivity index (χ1n) is 5.88. The predicted octanol–water partition coefficient (Wildman–Crippen LogP) is 1.74. The topological polar surface area (TPSA) is 68.0 Å². The molecular formula is C12H13N3O2S. The lowest BCUT2D eigenvalue weighted by molar-refractivity contribution is -0.136. The van der Waals surface area contributed by atoms with Crippen LogP contribution < -0.4 is 0 Å². The van der Waals surface area contributed by atoms with Gasteiger partial charge in [-0.15, -0.1) is 5.10 Å². The van der Waals surface area contributed by atoms with Crippen molar-refractivity contribution in [2.24, 2.45) is 0 Å². The van der Waals surface area contributed by atoms with Crippen LogP contribution >= 0.6 is 11.8 Å². The van der Waals surface area contributed by atoms with Crippen LogP contribution in [0.5, 0.6) is 0 Å². The average molecular weight is 263 g/mol. The minimum absolute atomic E-state index is 0.0184. The maximum absolute atomic E-state index is 10.9. The van der Waals surface area contributed by atoms with Gasteiger partial charge in [0.15, 0.2) is 0 Å². The molecule has 1 fully saturated rings. The molecule has 1 aliphatic heterocycles. The third-order valence-corrected chi connectivity index (χ3v) is 4.31. The Morgan fingerprint density at radius 1 is 1.56 bits per heavy atom. The third kappa shape index (κ3) is 1.96. The van der Waals surface area contributed by atoms with Gasteiger partial charge in [-0.3, -0.25) is 4.79 Å². The number of carboxylic acids is 1. The van der Waals surface area contributed by atoms with E-state index in [1.165, 1.54) is 0 Å². The number of hydrogen-bond acceptors (Lipinski definition) is 4. The number of nitrogens with zero attached hydrogens (tertiary/aromatic N) is 3. The number of hydrogen-bond donors (Lipinski definition) is 1. The summed E-state index contributed by atoms with van der Waals surface area (Å²) >= 11 is 1.90. The van der Waals surface area contributed by atoms with Crippen molar-refractivity contribution < 1.29 is 9.90 Å². The molecule has 5 nitrogen and oxygen atoms in total. The largest absolute Gasteiger partial charge is 0.481 e. The van der Waals surface area contributed by atoms with E-state index in [1.54, 1.807) is 0 Å². The molecule has 18 heavy (non-hydrogen) atoms. The summed E-state index contributed by atoms with van der Waals surface area (Å²) in [6, 6.07) is 5.91. The number of rotatable bonds is 3. The fourth-order valence-corrected chi connectivity index (χ4v) is 3.53. The summed E-state index contributed by atoms with van der Waals surface area (Å²) in [7, 11) is 0. The first-order chi connectivity index (χ1) is 8.75. The Morgan fingerprint density at radius 3 is 3.17 bits per heavy atom. The second kappa shape index (κ2) is 4.61. The number of carbonyl (C=O) groups is 1. The van der Waals surface area contributed by atoms with Crippen molar-refractivity contribution in [1.82, 2.24) is 15.0 Å². The average Bonchev–Trinajstić information content (AvgIpc) is 2.96. The van der Waals surface area contributed by atoms with Crippen LogP contribution in [0.15, 0.2) is 18.2 Å². The maximum atomic E-state index is 10.9. The lowest BCUT2D eigenvalue weighted by Crippen LogP contribution is -2.11. The highest BCUT2D eigenvalue weighted by atomic mass is 32.2. The van der Waals surface area contributed by atoms with E-state index in [4.69, 9.17) is 5.11 Å². The summed E-state index contributed by atoms with van der Waals surface area (Å²) < 4.78 is 1.91. The van der Waals surface area contributed by atoms with Crippen molar-refractivity contribution in [3.63, 3.8) is 0 Å². The van der Waals surface area contributed by atoms with E-state index in [-0.39, 0.29) is 6.42 Å². The predicted molar refractivity (Wildman–Crippen MR) is 69.8 cm³/mol. The van der Waals surface area contributed by atoms with E-state index in [9.17, 15) is 4.79 Å². The highest BCUT2D eigenvalue weighted by Crippen LogP contribution is 2.30. The molecule has 1 aromatic carbocycles. The molecule has 2 heterocycles. The van der Waals surface area contributed by atoms with Crippen LogP contribution in [0.25, 0.3) is 11.0 Å². The summed E-state index contributed by atoms with van der Waals surface area (Å²) in [4.78, 5) is 10.9. The quantitative estimate of drug-likeness (QED) is 0.913. The standard InChI is InChI=1S/C12H13N3O2S/c16-11(17)6-8-2-1-3-10-12(8)15(14-13-10)9-4-5-18-7-9/h1-3,9H,4-7H2,(H,16,17). The van der Waals surface area contributed by atoms with Crippen molar-refractivity contribution in [3.05, 3.63) is 23.8 Å². The molecule has 0 amide bonds. The number of fused-ring (bicyclic) bond motifs is 1. The zero-order chi connectivity index (χ0) is 12.5. The maximum Gasteiger partial charge on any atom is 0.307 e. The molecule has 1 saturated heterocycles. The molecule has 1 N–H and O–H groups in total. The smallest absolute Gasteiger partial charge is 0.307 e. The van der Waals surface area contributed by atoms with Gasteiger partial charge in [-0.1, -0.05) is 17.3 Å². The molecule has 3 rings (SSSR count). The third-order valence-electron chi connectivity index (χ3n) is 3.17. The van der Waals surface area contributed by atoms with E-state index in [0.717, 1.165) is 34.5 Å². The van der Waals surface area contributed by atoms with Gasteiger partial charge in [0.25, 0.3) is 0 Å². The van der Waals surface area contributed by atoms with Crippen LogP contribution in [0.2, 0.25) is 0 Å². The Kier molecular flexibility index (Phi) is 2.95. The Bertz CT molecular complexity index is 590. The molecule has 1 unspecified atom stereocenters. The molecule has 0 bridgehead atoms. The van der Waals surface area contributed by atoms with Crippen LogP contribution in [-0.4, -0.2) is 37.6 Å². The molecule has 94 valence electrons. The SMILES string of the molecule is O=C(O)Cc1cccc2nnn(C3CCSC3)c12. The summed E-state index contributed by atoms with van der Waals surface area (Å²) in [5.41, 5.74) is 2.46. The zero-order valence-electron chi connectivity index (χ0n) is 9.74. The van der Waals surface area contributed by atoms with Crippen LogP contribution in [0.3, 0.4) is 0 Å². The van der Waals surface area contributed by atoms with E-state index >= 15 is 0 Å². The number of aromatic nitrogens is 3. The van der Waals surface area contributed by atoms with E-state index in [1.807, 2.05) is 34.6 Å². The molecule has 0 aliphatic carbocycles. The van der Waals surface area contributed by atoms with Gasteiger partial charge < -0.3 is 5.11 Å². The molecule has 0 saturated carbocycles. The normalized spacial score (nSPS) is 19.4. The number of thioether (sulfide) groups is 1. The zero-order valence-corrected chi connectivity index (χ0v) is 10.6. The first kappa shape index (κ1) is 11.5. The first-order valence-corrected chi connectivity index (χ1v) is 7.03. The van der Waals surface area contributed by atoms with Crippen LogP contribution in [0, 0.1) is 0 Å². The molecule has 1 atom stereocenters. The van der Waals surface area contributed by atoms with Crippen molar-refractivity contribution >= 4 is 28.8 Å². The summed E-state index contributed by atoms with van der Waals surface area (Å²) in [6.45, 7) is 0. The molecule has 1 aliphatic rings. The molecular weight excluding hydrogens is 250 g/mol.